The quantitative estimate of drug-likeness (QED) is 0.666. The molecule has 0 radical (unpaired) electrons. The molecule has 2 aromatic rings. The standard InChI is InChI=1S/C11H8FN3O3/c12-7-1-2-10(15(16)17)11(3-7)18-9-4-8(13)5-14-6-9/h1-6H,13H2. The Morgan fingerprint density at radius 1 is 1.33 bits per heavy atom. The molecule has 1 aromatic carbocycles. The Labute approximate surface area is 101 Å². The van der Waals surface area contributed by atoms with Crippen molar-refractivity contribution in [2.45, 2.75) is 0 Å². The number of nitro groups is 1. The zero-order chi connectivity index (χ0) is 13.1. The van der Waals surface area contributed by atoms with Gasteiger partial charge in [-0.15, -0.1) is 0 Å². The molecule has 1 heterocycles. The maximum absolute atomic E-state index is 13.0. The number of ether oxygens (including phenoxy) is 1. The molecule has 2 N–H and O–H groups in total. The van der Waals surface area contributed by atoms with Gasteiger partial charge in [-0.05, 0) is 6.07 Å². The second kappa shape index (κ2) is 4.66. The highest BCUT2D eigenvalue weighted by Crippen LogP contribution is 2.31. The van der Waals surface area contributed by atoms with E-state index >= 15 is 0 Å². The van der Waals surface area contributed by atoms with Crippen LogP contribution in [0, 0.1) is 15.9 Å². The Morgan fingerprint density at radius 2 is 2.11 bits per heavy atom. The maximum atomic E-state index is 13.0. The summed E-state index contributed by atoms with van der Waals surface area (Å²) < 4.78 is 18.3. The second-order valence-electron chi connectivity index (χ2n) is 3.43. The van der Waals surface area contributed by atoms with Crippen LogP contribution in [0.4, 0.5) is 15.8 Å². The van der Waals surface area contributed by atoms with E-state index < -0.39 is 10.7 Å². The van der Waals surface area contributed by atoms with Crippen molar-refractivity contribution in [3.63, 3.8) is 0 Å². The monoisotopic (exact) mass is 249 g/mol. The molecule has 0 spiro atoms. The highest BCUT2D eigenvalue weighted by atomic mass is 19.1. The molecule has 0 atom stereocenters. The third-order valence-corrected chi connectivity index (χ3v) is 2.08. The molecule has 0 fully saturated rings. The van der Waals surface area contributed by atoms with Crippen LogP contribution in [0.1, 0.15) is 0 Å². The summed E-state index contributed by atoms with van der Waals surface area (Å²) in [6.07, 6.45) is 2.72. The van der Waals surface area contributed by atoms with Gasteiger partial charge in [-0.3, -0.25) is 15.1 Å². The first kappa shape index (κ1) is 11.8. The Kier molecular flexibility index (Phi) is 3.05. The molecule has 1 aromatic heterocycles. The summed E-state index contributed by atoms with van der Waals surface area (Å²) in [5, 5.41) is 10.8. The lowest BCUT2D eigenvalue weighted by Gasteiger charge is -2.06. The molecule has 7 heteroatoms. The van der Waals surface area contributed by atoms with E-state index in [0.29, 0.717) is 5.69 Å². The van der Waals surface area contributed by atoms with Crippen molar-refractivity contribution < 1.29 is 14.1 Å². The van der Waals surface area contributed by atoms with E-state index in [4.69, 9.17) is 10.5 Å². The normalized spacial score (nSPS) is 10.1. The Balaban J connectivity index is 2.39. The summed E-state index contributed by atoms with van der Waals surface area (Å²) in [7, 11) is 0. The van der Waals surface area contributed by atoms with E-state index in [-0.39, 0.29) is 17.2 Å². The first-order valence-electron chi connectivity index (χ1n) is 4.88. The molecule has 0 aliphatic heterocycles. The molecule has 0 unspecified atom stereocenters. The van der Waals surface area contributed by atoms with Gasteiger partial charge in [-0.25, -0.2) is 4.39 Å². The number of rotatable bonds is 3. The minimum atomic E-state index is -0.658. The minimum Gasteiger partial charge on any atom is -0.448 e. The predicted octanol–water partition coefficient (Wildman–Crippen LogP) is 2.50. The molecule has 0 saturated carbocycles. The summed E-state index contributed by atoms with van der Waals surface area (Å²) in [6.45, 7) is 0. The number of aromatic nitrogens is 1. The fraction of sp³-hybridized carbons (Fsp3) is 0. The van der Waals surface area contributed by atoms with E-state index in [2.05, 4.69) is 4.98 Å². The van der Waals surface area contributed by atoms with Gasteiger partial charge in [-0.2, -0.15) is 0 Å². The first-order chi connectivity index (χ1) is 8.56. The molecular formula is C11H8FN3O3. The second-order valence-corrected chi connectivity index (χ2v) is 3.43. The number of nitrogens with two attached hydrogens (primary N) is 1. The van der Waals surface area contributed by atoms with Gasteiger partial charge < -0.3 is 10.5 Å². The number of nitrogens with zero attached hydrogens (tertiary/aromatic N) is 2. The molecule has 0 amide bonds. The number of halogens is 1. The number of nitro benzene ring substituents is 1. The van der Waals surface area contributed by atoms with Crippen molar-refractivity contribution in [2.24, 2.45) is 0 Å². The van der Waals surface area contributed by atoms with Crippen LogP contribution in [0.2, 0.25) is 0 Å². The summed E-state index contributed by atoms with van der Waals surface area (Å²) in [5.41, 5.74) is 5.49. The van der Waals surface area contributed by atoms with E-state index in [0.717, 1.165) is 18.2 Å². The van der Waals surface area contributed by atoms with Crippen molar-refractivity contribution in [3.8, 4) is 11.5 Å². The number of hydrogen-bond acceptors (Lipinski definition) is 5. The van der Waals surface area contributed by atoms with Crippen molar-refractivity contribution in [2.75, 3.05) is 5.73 Å². The van der Waals surface area contributed by atoms with Gasteiger partial charge in [0.1, 0.15) is 11.6 Å². The molecule has 2 rings (SSSR count). The fourth-order valence-electron chi connectivity index (χ4n) is 1.34. The van der Waals surface area contributed by atoms with Crippen LogP contribution in [0.5, 0.6) is 11.5 Å². The molecule has 18 heavy (non-hydrogen) atoms. The molecule has 0 aliphatic carbocycles. The van der Waals surface area contributed by atoms with Crippen LogP contribution in [0.3, 0.4) is 0 Å². The summed E-state index contributed by atoms with van der Waals surface area (Å²) in [5.74, 6) is -0.636. The fourth-order valence-corrected chi connectivity index (χ4v) is 1.34. The lowest BCUT2D eigenvalue weighted by molar-refractivity contribution is -0.385. The Morgan fingerprint density at radius 3 is 2.78 bits per heavy atom. The van der Waals surface area contributed by atoms with Crippen LogP contribution in [0.25, 0.3) is 0 Å². The van der Waals surface area contributed by atoms with E-state index in [1.54, 1.807) is 0 Å². The van der Waals surface area contributed by atoms with Crippen LogP contribution >= 0.6 is 0 Å². The highest BCUT2D eigenvalue weighted by Gasteiger charge is 2.16. The lowest BCUT2D eigenvalue weighted by Crippen LogP contribution is -1.95. The highest BCUT2D eigenvalue weighted by molar-refractivity contribution is 5.49. The number of benzene rings is 1. The van der Waals surface area contributed by atoms with Crippen molar-refractivity contribution in [3.05, 3.63) is 52.6 Å². The number of anilines is 1. The Hall–Kier alpha value is -2.70. The molecule has 0 bridgehead atoms. The smallest absolute Gasteiger partial charge is 0.311 e. The molecule has 92 valence electrons. The largest absolute Gasteiger partial charge is 0.448 e. The zero-order valence-corrected chi connectivity index (χ0v) is 9.04. The van der Waals surface area contributed by atoms with Gasteiger partial charge >= 0.3 is 5.69 Å². The van der Waals surface area contributed by atoms with E-state index in [1.807, 2.05) is 0 Å². The Bertz CT molecular complexity index is 604. The van der Waals surface area contributed by atoms with Crippen LogP contribution in [-0.4, -0.2) is 9.91 Å². The zero-order valence-electron chi connectivity index (χ0n) is 9.04. The molecule has 0 aliphatic rings. The summed E-state index contributed by atoms with van der Waals surface area (Å²) >= 11 is 0. The topological polar surface area (TPSA) is 91.3 Å². The maximum Gasteiger partial charge on any atom is 0.311 e. The molecule has 0 saturated heterocycles. The summed E-state index contributed by atoms with van der Waals surface area (Å²) in [4.78, 5) is 13.9. The number of hydrogen-bond donors (Lipinski definition) is 1. The van der Waals surface area contributed by atoms with Gasteiger partial charge in [-0.1, -0.05) is 0 Å². The van der Waals surface area contributed by atoms with Gasteiger partial charge in [0.15, 0.2) is 0 Å². The van der Waals surface area contributed by atoms with Gasteiger partial charge in [0.25, 0.3) is 0 Å². The van der Waals surface area contributed by atoms with Gasteiger partial charge in [0.2, 0.25) is 5.75 Å². The molecule has 6 nitrogen and oxygen atoms in total. The van der Waals surface area contributed by atoms with Crippen molar-refractivity contribution in [1.82, 2.24) is 4.98 Å². The van der Waals surface area contributed by atoms with Crippen molar-refractivity contribution in [1.29, 1.82) is 0 Å². The van der Waals surface area contributed by atoms with Gasteiger partial charge in [0, 0.05) is 18.2 Å². The average Bonchev–Trinajstić information content (AvgIpc) is 2.28. The molecular weight excluding hydrogens is 241 g/mol. The van der Waals surface area contributed by atoms with Gasteiger partial charge in [0.05, 0.1) is 23.0 Å². The van der Waals surface area contributed by atoms with Crippen LogP contribution in [0.15, 0.2) is 36.7 Å². The van der Waals surface area contributed by atoms with Crippen LogP contribution < -0.4 is 10.5 Å². The van der Waals surface area contributed by atoms with E-state index in [9.17, 15) is 14.5 Å². The van der Waals surface area contributed by atoms with Crippen molar-refractivity contribution >= 4 is 11.4 Å². The predicted molar refractivity (Wildman–Crippen MR) is 61.8 cm³/mol. The average molecular weight is 249 g/mol. The van der Waals surface area contributed by atoms with E-state index in [1.165, 1.54) is 18.5 Å². The lowest BCUT2D eigenvalue weighted by atomic mass is 10.3. The third-order valence-electron chi connectivity index (χ3n) is 2.08. The third kappa shape index (κ3) is 2.51. The number of pyridine rings is 1. The summed E-state index contributed by atoms with van der Waals surface area (Å²) in [6, 6.07) is 4.38. The minimum absolute atomic E-state index is 0.198. The number of nitrogen functional groups attached to an aromatic ring is 1. The SMILES string of the molecule is Nc1cncc(Oc2cc(F)ccc2[N+](=O)[O-])c1. The van der Waals surface area contributed by atoms with Crippen LogP contribution in [-0.2, 0) is 0 Å². The first-order valence-corrected chi connectivity index (χ1v) is 4.88.